The Kier molecular flexibility index (Phi) is 5.52. The largest absolute Gasteiger partial charge is 0.306 e. The molecule has 0 aliphatic rings. The van der Waals surface area contributed by atoms with E-state index in [2.05, 4.69) is 11.0 Å². The van der Waals surface area contributed by atoms with Crippen molar-refractivity contribution in [2.24, 2.45) is 0 Å². The molecule has 0 saturated heterocycles. The van der Waals surface area contributed by atoms with E-state index in [0.717, 1.165) is 31.5 Å². The lowest BCUT2D eigenvalue weighted by atomic mass is 10.1. The van der Waals surface area contributed by atoms with E-state index >= 15 is 0 Å². The number of halogens is 1. The van der Waals surface area contributed by atoms with Gasteiger partial charge in [0.25, 0.3) is 0 Å². The third-order valence-electron chi connectivity index (χ3n) is 2.50. The molecule has 0 atom stereocenters. The van der Waals surface area contributed by atoms with Crippen LogP contribution >= 0.6 is 0 Å². The number of hydrogen-bond acceptors (Lipinski definition) is 2. The second-order valence-corrected chi connectivity index (χ2v) is 3.94. The molecule has 0 fully saturated rings. The van der Waals surface area contributed by atoms with Gasteiger partial charge in [-0.15, -0.1) is 0 Å². The molecule has 0 N–H and O–H groups in total. The molecule has 86 valence electrons. The average Bonchev–Trinajstić information content (AvgIpc) is 2.27. The first kappa shape index (κ1) is 12.7. The predicted octanol–water partition coefficient (Wildman–Crippen LogP) is 2.60. The molecule has 3 heteroatoms. The van der Waals surface area contributed by atoms with Gasteiger partial charge in [0.2, 0.25) is 0 Å². The van der Waals surface area contributed by atoms with Gasteiger partial charge >= 0.3 is 0 Å². The van der Waals surface area contributed by atoms with E-state index in [1.165, 1.54) is 6.07 Å². The normalized spacial score (nSPS) is 10.4. The molecule has 16 heavy (non-hydrogen) atoms. The minimum atomic E-state index is -0.176. The molecule has 0 aromatic heterocycles. The maximum Gasteiger partial charge on any atom is 0.123 e. The van der Waals surface area contributed by atoms with Gasteiger partial charge in [-0.2, -0.15) is 5.26 Å². The van der Waals surface area contributed by atoms with Crippen molar-refractivity contribution in [1.29, 1.82) is 5.26 Å². The third-order valence-corrected chi connectivity index (χ3v) is 2.50. The first-order valence-corrected chi connectivity index (χ1v) is 5.52. The van der Waals surface area contributed by atoms with Gasteiger partial charge in [-0.25, -0.2) is 4.39 Å². The molecule has 1 aromatic rings. The highest BCUT2D eigenvalue weighted by Crippen LogP contribution is 2.05. The van der Waals surface area contributed by atoms with Gasteiger partial charge in [-0.3, -0.25) is 0 Å². The fourth-order valence-electron chi connectivity index (χ4n) is 1.55. The zero-order chi connectivity index (χ0) is 11.8. The van der Waals surface area contributed by atoms with Crippen LogP contribution in [-0.4, -0.2) is 25.0 Å². The summed E-state index contributed by atoms with van der Waals surface area (Å²) in [4.78, 5) is 2.17. The van der Waals surface area contributed by atoms with E-state index in [-0.39, 0.29) is 5.82 Å². The van der Waals surface area contributed by atoms with Crippen LogP contribution in [0.25, 0.3) is 0 Å². The highest BCUT2D eigenvalue weighted by molar-refractivity contribution is 5.16. The summed E-state index contributed by atoms with van der Waals surface area (Å²) in [6.45, 7) is 1.82. The van der Waals surface area contributed by atoms with Gasteiger partial charge in [-0.1, -0.05) is 12.1 Å². The molecule has 0 amide bonds. The Morgan fingerprint density at radius 1 is 1.38 bits per heavy atom. The summed E-state index contributed by atoms with van der Waals surface area (Å²) in [5.41, 5.74) is 1.02. The fraction of sp³-hybridized carbons (Fsp3) is 0.462. The lowest BCUT2D eigenvalue weighted by Crippen LogP contribution is -2.22. The van der Waals surface area contributed by atoms with E-state index < -0.39 is 0 Å². The third kappa shape index (κ3) is 4.90. The summed E-state index contributed by atoms with van der Waals surface area (Å²) < 4.78 is 12.9. The Hall–Kier alpha value is -1.40. The highest BCUT2D eigenvalue weighted by atomic mass is 19.1. The first-order chi connectivity index (χ1) is 7.72. The first-order valence-electron chi connectivity index (χ1n) is 5.52. The molecule has 1 aromatic carbocycles. The van der Waals surface area contributed by atoms with E-state index in [4.69, 9.17) is 5.26 Å². The van der Waals surface area contributed by atoms with Crippen LogP contribution < -0.4 is 0 Å². The Morgan fingerprint density at radius 2 is 2.19 bits per heavy atom. The Bertz CT molecular complexity index is 357. The van der Waals surface area contributed by atoms with E-state index in [1.54, 1.807) is 12.1 Å². The summed E-state index contributed by atoms with van der Waals surface area (Å²) in [6.07, 6.45) is 2.35. The fourth-order valence-corrected chi connectivity index (χ4v) is 1.55. The second kappa shape index (κ2) is 6.97. The molecule has 0 spiro atoms. The van der Waals surface area contributed by atoms with Crippen LogP contribution in [0.3, 0.4) is 0 Å². The van der Waals surface area contributed by atoms with Gasteiger partial charge in [-0.05, 0) is 44.1 Å². The van der Waals surface area contributed by atoms with Crippen LogP contribution in [0.4, 0.5) is 4.39 Å². The van der Waals surface area contributed by atoms with Crippen molar-refractivity contribution in [2.45, 2.75) is 19.3 Å². The monoisotopic (exact) mass is 220 g/mol. The molecular formula is C13H17FN2. The minimum absolute atomic E-state index is 0.176. The standard InChI is InChI=1S/C13H17FN2/c1-16(9-3-2-8-15)10-7-12-5-4-6-13(14)11-12/h4-6,11H,2-3,7,9-10H2,1H3. The number of benzene rings is 1. The smallest absolute Gasteiger partial charge is 0.123 e. The summed E-state index contributed by atoms with van der Waals surface area (Å²) in [5.74, 6) is -0.176. The van der Waals surface area contributed by atoms with Crippen molar-refractivity contribution < 1.29 is 4.39 Å². The predicted molar refractivity (Wildman–Crippen MR) is 62.4 cm³/mol. The second-order valence-electron chi connectivity index (χ2n) is 3.94. The zero-order valence-corrected chi connectivity index (χ0v) is 9.62. The van der Waals surface area contributed by atoms with Crippen molar-refractivity contribution in [3.05, 3.63) is 35.6 Å². The Balaban J connectivity index is 2.26. The van der Waals surface area contributed by atoms with Crippen LogP contribution in [0.2, 0.25) is 0 Å². The van der Waals surface area contributed by atoms with Gasteiger partial charge in [0, 0.05) is 13.0 Å². The molecular weight excluding hydrogens is 203 g/mol. The number of likely N-dealkylation sites (N-methyl/N-ethyl adjacent to an activating group) is 1. The van der Waals surface area contributed by atoms with Crippen molar-refractivity contribution in [1.82, 2.24) is 4.90 Å². The van der Waals surface area contributed by atoms with E-state index in [9.17, 15) is 4.39 Å². The quantitative estimate of drug-likeness (QED) is 0.689. The molecule has 0 unspecified atom stereocenters. The van der Waals surface area contributed by atoms with Crippen molar-refractivity contribution in [3.63, 3.8) is 0 Å². The molecule has 0 heterocycles. The Labute approximate surface area is 96.3 Å². The van der Waals surface area contributed by atoms with Gasteiger partial charge < -0.3 is 4.90 Å². The Morgan fingerprint density at radius 3 is 2.88 bits per heavy atom. The van der Waals surface area contributed by atoms with Gasteiger partial charge in [0.1, 0.15) is 5.82 Å². The van der Waals surface area contributed by atoms with E-state index in [0.29, 0.717) is 6.42 Å². The zero-order valence-electron chi connectivity index (χ0n) is 9.62. The maximum atomic E-state index is 12.9. The van der Waals surface area contributed by atoms with Crippen LogP contribution in [0.5, 0.6) is 0 Å². The molecule has 0 bridgehead atoms. The number of nitrogens with zero attached hydrogens (tertiary/aromatic N) is 2. The summed E-state index contributed by atoms with van der Waals surface area (Å²) in [6, 6.07) is 8.83. The van der Waals surface area contributed by atoms with Gasteiger partial charge in [0.05, 0.1) is 6.07 Å². The number of unbranched alkanes of at least 4 members (excludes halogenated alkanes) is 1. The lowest BCUT2D eigenvalue weighted by Gasteiger charge is -2.15. The molecule has 0 aliphatic heterocycles. The molecule has 1 rings (SSSR count). The molecule has 2 nitrogen and oxygen atoms in total. The van der Waals surface area contributed by atoms with Crippen LogP contribution in [0.1, 0.15) is 18.4 Å². The maximum absolute atomic E-state index is 12.9. The van der Waals surface area contributed by atoms with Crippen LogP contribution in [0.15, 0.2) is 24.3 Å². The van der Waals surface area contributed by atoms with Crippen molar-refractivity contribution >= 4 is 0 Å². The SMILES string of the molecule is CN(CCCC#N)CCc1cccc(F)c1. The minimum Gasteiger partial charge on any atom is -0.306 e. The summed E-state index contributed by atoms with van der Waals surface area (Å²) in [7, 11) is 2.02. The summed E-state index contributed by atoms with van der Waals surface area (Å²) in [5, 5.41) is 8.41. The van der Waals surface area contributed by atoms with Gasteiger partial charge in [0.15, 0.2) is 0 Å². The van der Waals surface area contributed by atoms with E-state index in [1.807, 2.05) is 13.1 Å². The van der Waals surface area contributed by atoms with Crippen LogP contribution in [0, 0.1) is 17.1 Å². The lowest BCUT2D eigenvalue weighted by molar-refractivity contribution is 0.335. The summed E-state index contributed by atoms with van der Waals surface area (Å²) >= 11 is 0. The molecule has 0 aliphatic carbocycles. The van der Waals surface area contributed by atoms with Crippen LogP contribution in [-0.2, 0) is 6.42 Å². The average molecular weight is 220 g/mol. The van der Waals surface area contributed by atoms with Crippen molar-refractivity contribution in [3.8, 4) is 6.07 Å². The topological polar surface area (TPSA) is 27.0 Å². The molecule has 0 radical (unpaired) electrons. The highest BCUT2D eigenvalue weighted by Gasteiger charge is 2.00. The number of nitriles is 1. The number of rotatable bonds is 6. The number of hydrogen-bond donors (Lipinski definition) is 0. The van der Waals surface area contributed by atoms with Crippen molar-refractivity contribution in [2.75, 3.05) is 20.1 Å². The molecule has 0 saturated carbocycles.